The van der Waals surface area contributed by atoms with Crippen molar-refractivity contribution in [1.29, 1.82) is 0 Å². The molecule has 1 heteroatoms. The standard InChI is InChI=1S/C12H15Br/c1-10(2)3-4-11-5-7-12(9-13)8-6-11/h3-8,10H,9H2,1-2H3. The molecule has 0 aliphatic rings. The molecule has 0 spiro atoms. The van der Waals surface area contributed by atoms with Gasteiger partial charge in [0.15, 0.2) is 0 Å². The third-order valence-electron chi connectivity index (χ3n) is 1.81. The average molecular weight is 239 g/mol. The molecule has 13 heavy (non-hydrogen) atoms. The summed E-state index contributed by atoms with van der Waals surface area (Å²) in [4.78, 5) is 0. The van der Waals surface area contributed by atoms with Crippen LogP contribution >= 0.6 is 15.9 Å². The topological polar surface area (TPSA) is 0 Å². The molecule has 0 aromatic heterocycles. The largest absolute Gasteiger partial charge is 0.0876 e. The molecular weight excluding hydrogens is 224 g/mol. The van der Waals surface area contributed by atoms with E-state index in [4.69, 9.17) is 0 Å². The Kier molecular flexibility index (Phi) is 4.23. The Labute approximate surface area is 88.8 Å². The Bertz CT molecular complexity index is 270. The van der Waals surface area contributed by atoms with Gasteiger partial charge in [-0.1, -0.05) is 66.2 Å². The molecule has 70 valence electrons. The smallest absolute Gasteiger partial charge is 0.0283 e. The van der Waals surface area contributed by atoms with E-state index in [1.165, 1.54) is 11.1 Å². The van der Waals surface area contributed by atoms with E-state index in [0.717, 1.165) is 5.33 Å². The van der Waals surface area contributed by atoms with Crippen LogP contribution in [0.15, 0.2) is 30.3 Å². The molecule has 0 heterocycles. The zero-order chi connectivity index (χ0) is 9.68. The lowest BCUT2D eigenvalue weighted by Gasteiger charge is -1.97. The molecule has 0 unspecified atom stereocenters. The van der Waals surface area contributed by atoms with E-state index in [1.807, 2.05) is 0 Å². The Morgan fingerprint density at radius 3 is 2.31 bits per heavy atom. The van der Waals surface area contributed by atoms with Crippen LogP contribution in [0.1, 0.15) is 25.0 Å². The number of allylic oxidation sites excluding steroid dienone is 1. The first-order valence-electron chi connectivity index (χ1n) is 4.55. The summed E-state index contributed by atoms with van der Waals surface area (Å²) < 4.78 is 0. The normalized spacial score (nSPS) is 11.4. The van der Waals surface area contributed by atoms with Crippen LogP contribution in [0.4, 0.5) is 0 Å². The van der Waals surface area contributed by atoms with Crippen LogP contribution in [-0.2, 0) is 5.33 Å². The SMILES string of the molecule is CC(C)C=Cc1ccc(CBr)cc1. The van der Waals surface area contributed by atoms with Gasteiger partial charge in [-0.05, 0) is 17.0 Å². The fourth-order valence-corrected chi connectivity index (χ4v) is 1.40. The minimum Gasteiger partial charge on any atom is -0.0876 e. The summed E-state index contributed by atoms with van der Waals surface area (Å²) in [5.74, 6) is 0.621. The number of rotatable bonds is 3. The summed E-state index contributed by atoms with van der Waals surface area (Å²) in [6.07, 6.45) is 4.38. The van der Waals surface area contributed by atoms with Crippen molar-refractivity contribution in [2.45, 2.75) is 19.2 Å². The van der Waals surface area contributed by atoms with Gasteiger partial charge in [-0.2, -0.15) is 0 Å². The van der Waals surface area contributed by atoms with Gasteiger partial charge in [0.05, 0.1) is 0 Å². The Balaban J connectivity index is 2.69. The van der Waals surface area contributed by atoms with Crippen molar-refractivity contribution in [3.8, 4) is 0 Å². The summed E-state index contributed by atoms with van der Waals surface area (Å²) in [7, 11) is 0. The van der Waals surface area contributed by atoms with Crippen molar-refractivity contribution in [2.24, 2.45) is 5.92 Å². The fraction of sp³-hybridized carbons (Fsp3) is 0.333. The molecule has 0 fully saturated rings. The number of benzene rings is 1. The fourth-order valence-electron chi connectivity index (χ4n) is 1.02. The second kappa shape index (κ2) is 5.23. The van der Waals surface area contributed by atoms with Gasteiger partial charge in [0.1, 0.15) is 0 Å². The molecule has 1 rings (SSSR count). The molecule has 0 aliphatic carbocycles. The van der Waals surface area contributed by atoms with Crippen LogP contribution in [0.25, 0.3) is 6.08 Å². The highest BCUT2D eigenvalue weighted by Crippen LogP contribution is 2.10. The summed E-state index contributed by atoms with van der Waals surface area (Å²) in [6.45, 7) is 4.37. The van der Waals surface area contributed by atoms with E-state index in [2.05, 4.69) is 66.2 Å². The summed E-state index contributed by atoms with van der Waals surface area (Å²) in [6, 6.07) is 8.59. The Morgan fingerprint density at radius 2 is 1.85 bits per heavy atom. The number of hydrogen-bond donors (Lipinski definition) is 0. The molecule has 1 aromatic carbocycles. The number of halogens is 1. The summed E-state index contributed by atoms with van der Waals surface area (Å²) in [5.41, 5.74) is 2.60. The highest BCUT2D eigenvalue weighted by molar-refractivity contribution is 9.08. The van der Waals surface area contributed by atoms with Crippen molar-refractivity contribution in [3.05, 3.63) is 41.5 Å². The van der Waals surface area contributed by atoms with E-state index < -0.39 is 0 Å². The zero-order valence-electron chi connectivity index (χ0n) is 8.13. The Morgan fingerprint density at radius 1 is 1.23 bits per heavy atom. The second-order valence-electron chi connectivity index (χ2n) is 3.48. The van der Waals surface area contributed by atoms with Crippen molar-refractivity contribution in [2.75, 3.05) is 0 Å². The lowest BCUT2D eigenvalue weighted by Crippen LogP contribution is -1.79. The second-order valence-corrected chi connectivity index (χ2v) is 4.04. The van der Waals surface area contributed by atoms with E-state index in [9.17, 15) is 0 Å². The van der Waals surface area contributed by atoms with E-state index in [-0.39, 0.29) is 0 Å². The first-order chi connectivity index (χ1) is 6.22. The maximum Gasteiger partial charge on any atom is 0.0283 e. The first-order valence-corrected chi connectivity index (χ1v) is 5.67. The molecule has 1 aromatic rings. The third kappa shape index (κ3) is 3.77. The molecule has 0 amide bonds. The van der Waals surface area contributed by atoms with Gasteiger partial charge >= 0.3 is 0 Å². The van der Waals surface area contributed by atoms with Gasteiger partial charge in [0.2, 0.25) is 0 Å². The minimum atomic E-state index is 0.621. The summed E-state index contributed by atoms with van der Waals surface area (Å²) >= 11 is 3.43. The van der Waals surface area contributed by atoms with Crippen molar-refractivity contribution >= 4 is 22.0 Å². The molecule has 0 N–H and O–H groups in total. The van der Waals surface area contributed by atoms with Crippen LogP contribution in [-0.4, -0.2) is 0 Å². The molecule has 0 saturated carbocycles. The molecule has 0 radical (unpaired) electrons. The van der Waals surface area contributed by atoms with Crippen LogP contribution in [0.5, 0.6) is 0 Å². The quantitative estimate of drug-likeness (QED) is 0.691. The molecular formula is C12H15Br. The first kappa shape index (κ1) is 10.5. The van der Waals surface area contributed by atoms with Gasteiger partial charge < -0.3 is 0 Å². The van der Waals surface area contributed by atoms with E-state index in [1.54, 1.807) is 0 Å². The molecule has 0 atom stereocenters. The molecule has 0 aliphatic heterocycles. The zero-order valence-corrected chi connectivity index (χ0v) is 9.71. The van der Waals surface area contributed by atoms with Crippen LogP contribution in [0, 0.1) is 5.92 Å². The van der Waals surface area contributed by atoms with Crippen molar-refractivity contribution in [3.63, 3.8) is 0 Å². The van der Waals surface area contributed by atoms with Gasteiger partial charge in [0, 0.05) is 5.33 Å². The lowest BCUT2D eigenvalue weighted by atomic mass is 10.1. The van der Waals surface area contributed by atoms with Gasteiger partial charge in [0.25, 0.3) is 0 Å². The third-order valence-corrected chi connectivity index (χ3v) is 2.46. The van der Waals surface area contributed by atoms with Crippen molar-refractivity contribution in [1.82, 2.24) is 0 Å². The predicted octanol–water partition coefficient (Wildman–Crippen LogP) is 4.25. The van der Waals surface area contributed by atoms with Gasteiger partial charge in [-0.25, -0.2) is 0 Å². The number of hydrogen-bond acceptors (Lipinski definition) is 0. The van der Waals surface area contributed by atoms with Crippen LogP contribution < -0.4 is 0 Å². The van der Waals surface area contributed by atoms with Gasteiger partial charge in [-0.3, -0.25) is 0 Å². The molecule has 0 nitrogen and oxygen atoms in total. The van der Waals surface area contributed by atoms with E-state index >= 15 is 0 Å². The maximum atomic E-state index is 3.43. The predicted molar refractivity (Wildman–Crippen MR) is 62.9 cm³/mol. The van der Waals surface area contributed by atoms with Crippen molar-refractivity contribution < 1.29 is 0 Å². The minimum absolute atomic E-state index is 0.621. The highest BCUT2D eigenvalue weighted by Gasteiger charge is 1.90. The number of alkyl halides is 1. The molecule has 0 bridgehead atoms. The lowest BCUT2D eigenvalue weighted by molar-refractivity contribution is 0.836. The van der Waals surface area contributed by atoms with E-state index in [0.29, 0.717) is 5.92 Å². The maximum absolute atomic E-state index is 3.43. The van der Waals surface area contributed by atoms with Crippen LogP contribution in [0.3, 0.4) is 0 Å². The van der Waals surface area contributed by atoms with Gasteiger partial charge in [-0.15, -0.1) is 0 Å². The van der Waals surface area contributed by atoms with Crippen LogP contribution in [0.2, 0.25) is 0 Å². The Hall–Kier alpha value is -0.560. The summed E-state index contributed by atoms with van der Waals surface area (Å²) in [5, 5.41) is 0.932. The highest BCUT2D eigenvalue weighted by atomic mass is 79.9. The monoisotopic (exact) mass is 238 g/mol. The average Bonchev–Trinajstić information content (AvgIpc) is 2.15. The molecule has 0 saturated heterocycles.